The summed E-state index contributed by atoms with van der Waals surface area (Å²) in [4.78, 5) is 11.6. The van der Waals surface area contributed by atoms with Crippen LogP contribution in [0.25, 0.3) is 0 Å². The van der Waals surface area contributed by atoms with Crippen LogP contribution in [0.4, 0.5) is 0 Å². The molecule has 0 atom stereocenters. The van der Waals surface area contributed by atoms with Gasteiger partial charge in [0.05, 0.1) is 4.47 Å². The van der Waals surface area contributed by atoms with Gasteiger partial charge in [0.1, 0.15) is 5.75 Å². The van der Waals surface area contributed by atoms with Crippen molar-refractivity contribution in [2.75, 3.05) is 0 Å². The first kappa shape index (κ1) is 14.5. The van der Waals surface area contributed by atoms with Gasteiger partial charge in [-0.15, -0.1) is 0 Å². The van der Waals surface area contributed by atoms with Crippen molar-refractivity contribution < 1.29 is 9.53 Å². The van der Waals surface area contributed by atoms with Gasteiger partial charge in [-0.2, -0.15) is 0 Å². The lowest BCUT2D eigenvalue weighted by molar-refractivity contribution is -0.130. The summed E-state index contributed by atoms with van der Waals surface area (Å²) in [7, 11) is 0. The maximum atomic E-state index is 11.6. The molecule has 1 rings (SSSR count). The maximum absolute atomic E-state index is 11.6. The molecule has 17 heavy (non-hydrogen) atoms. The third-order valence-corrected chi connectivity index (χ3v) is 3.25. The van der Waals surface area contributed by atoms with E-state index in [1.165, 1.54) is 0 Å². The van der Waals surface area contributed by atoms with E-state index in [-0.39, 0.29) is 5.92 Å². The van der Waals surface area contributed by atoms with Gasteiger partial charge in [-0.1, -0.05) is 36.4 Å². The van der Waals surface area contributed by atoms with Gasteiger partial charge in [0, 0.05) is 10.0 Å². The maximum Gasteiger partial charge on any atom is 0.338 e. The van der Waals surface area contributed by atoms with Crippen molar-refractivity contribution in [2.24, 2.45) is 0 Å². The smallest absolute Gasteiger partial charge is 0.338 e. The number of hydrogen-bond acceptors (Lipinski definition) is 2. The summed E-state index contributed by atoms with van der Waals surface area (Å²) in [5.74, 6) is 0.419. The summed E-state index contributed by atoms with van der Waals surface area (Å²) in [6.45, 7) is 9.30. The van der Waals surface area contributed by atoms with E-state index in [1.54, 1.807) is 6.92 Å². The highest BCUT2D eigenvalue weighted by Crippen LogP contribution is 2.37. The second-order valence-corrected chi connectivity index (χ2v) is 5.90. The number of ether oxygens (including phenoxy) is 1. The Morgan fingerprint density at radius 3 is 2.41 bits per heavy atom. The zero-order chi connectivity index (χ0) is 13.2. The van der Waals surface area contributed by atoms with Crippen molar-refractivity contribution in [3.63, 3.8) is 0 Å². The first-order chi connectivity index (χ1) is 7.82. The van der Waals surface area contributed by atoms with Crippen molar-refractivity contribution in [1.82, 2.24) is 0 Å². The Hall–Kier alpha value is -0.610. The van der Waals surface area contributed by atoms with Crippen LogP contribution in [0.15, 0.2) is 33.2 Å². The zero-order valence-electron chi connectivity index (χ0n) is 10.0. The lowest BCUT2D eigenvalue weighted by atomic mass is 10.0. The van der Waals surface area contributed by atoms with E-state index in [1.807, 2.05) is 26.0 Å². The summed E-state index contributed by atoms with van der Waals surface area (Å²) >= 11 is 6.83. The molecular formula is C13H14Br2O2. The van der Waals surface area contributed by atoms with Crippen molar-refractivity contribution in [1.29, 1.82) is 0 Å². The number of rotatable bonds is 3. The van der Waals surface area contributed by atoms with E-state index < -0.39 is 5.97 Å². The van der Waals surface area contributed by atoms with E-state index in [9.17, 15) is 4.79 Å². The predicted molar refractivity (Wildman–Crippen MR) is 76.4 cm³/mol. The minimum absolute atomic E-state index is 0.261. The van der Waals surface area contributed by atoms with Crippen molar-refractivity contribution in [3.8, 4) is 5.75 Å². The molecule has 0 aliphatic rings. The molecule has 0 spiro atoms. The summed E-state index contributed by atoms with van der Waals surface area (Å²) in [6.07, 6.45) is 0. The van der Waals surface area contributed by atoms with Crippen LogP contribution in [0.1, 0.15) is 32.3 Å². The second kappa shape index (κ2) is 5.83. The van der Waals surface area contributed by atoms with Crippen LogP contribution >= 0.6 is 31.9 Å². The average molecular weight is 362 g/mol. The standard InChI is InChI=1S/C13H14Br2O2/c1-7(2)10-5-9(14)6-11(15)12(10)17-13(16)8(3)4/h5-7H,3H2,1-2,4H3. The number of hydrogen-bond donors (Lipinski definition) is 0. The van der Waals surface area contributed by atoms with Crippen LogP contribution in [0, 0.1) is 0 Å². The molecule has 0 saturated heterocycles. The topological polar surface area (TPSA) is 26.3 Å². The van der Waals surface area contributed by atoms with E-state index in [4.69, 9.17) is 4.74 Å². The van der Waals surface area contributed by atoms with Gasteiger partial charge in [-0.3, -0.25) is 0 Å². The quantitative estimate of drug-likeness (QED) is 0.438. The fourth-order valence-electron chi connectivity index (χ4n) is 1.30. The Morgan fingerprint density at radius 2 is 1.94 bits per heavy atom. The fraction of sp³-hybridized carbons (Fsp3) is 0.308. The normalized spacial score (nSPS) is 10.5. The Morgan fingerprint density at radius 1 is 1.35 bits per heavy atom. The number of esters is 1. The first-order valence-corrected chi connectivity index (χ1v) is 6.78. The number of benzene rings is 1. The Balaban J connectivity index is 3.21. The summed E-state index contributed by atoms with van der Waals surface area (Å²) in [6, 6.07) is 3.81. The van der Waals surface area contributed by atoms with E-state index in [0.29, 0.717) is 11.3 Å². The molecular weight excluding hydrogens is 348 g/mol. The molecule has 4 heteroatoms. The Labute approximate surface area is 118 Å². The molecule has 0 radical (unpaired) electrons. The molecule has 92 valence electrons. The van der Waals surface area contributed by atoms with E-state index in [0.717, 1.165) is 14.5 Å². The number of carbonyl (C=O) groups is 1. The number of carbonyl (C=O) groups excluding carboxylic acids is 1. The lowest BCUT2D eigenvalue weighted by Crippen LogP contribution is -2.10. The fourth-order valence-corrected chi connectivity index (χ4v) is 2.64. The highest BCUT2D eigenvalue weighted by atomic mass is 79.9. The zero-order valence-corrected chi connectivity index (χ0v) is 13.2. The highest BCUT2D eigenvalue weighted by Gasteiger charge is 2.16. The van der Waals surface area contributed by atoms with Gasteiger partial charge in [0.15, 0.2) is 0 Å². The van der Waals surface area contributed by atoms with Gasteiger partial charge >= 0.3 is 5.97 Å². The van der Waals surface area contributed by atoms with Gasteiger partial charge in [-0.05, 0) is 46.5 Å². The molecule has 0 N–H and O–H groups in total. The largest absolute Gasteiger partial charge is 0.422 e. The Bertz CT molecular complexity index is 465. The summed E-state index contributed by atoms with van der Waals surface area (Å²) in [5, 5.41) is 0. The van der Waals surface area contributed by atoms with Crippen molar-refractivity contribution in [3.05, 3.63) is 38.8 Å². The summed E-state index contributed by atoms with van der Waals surface area (Å²) < 4.78 is 7.05. The molecule has 0 bridgehead atoms. The monoisotopic (exact) mass is 360 g/mol. The lowest BCUT2D eigenvalue weighted by Gasteiger charge is -2.15. The molecule has 0 amide bonds. The van der Waals surface area contributed by atoms with Crippen LogP contribution in [0.5, 0.6) is 5.75 Å². The minimum atomic E-state index is -0.407. The predicted octanol–water partition coefficient (Wildman–Crippen LogP) is 4.82. The van der Waals surface area contributed by atoms with Crippen LogP contribution in [0.2, 0.25) is 0 Å². The van der Waals surface area contributed by atoms with Crippen molar-refractivity contribution in [2.45, 2.75) is 26.7 Å². The minimum Gasteiger partial charge on any atom is -0.422 e. The highest BCUT2D eigenvalue weighted by molar-refractivity contribution is 9.11. The number of halogens is 2. The molecule has 0 aliphatic heterocycles. The second-order valence-electron chi connectivity index (χ2n) is 4.13. The molecule has 0 unspecified atom stereocenters. The van der Waals surface area contributed by atoms with Gasteiger partial charge in [-0.25, -0.2) is 4.79 Å². The molecule has 1 aromatic rings. The van der Waals surface area contributed by atoms with Crippen LogP contribution in [-0.4, -0.2) is 5.97 Å². The van der Waals surface area contributed by atoms with Crippen LogP contribution in [0.3, 0.4) is 0 Å². The summed E-state index contributed by atoms with van der Waals surface area (Å²) in [5.41, 5.74) is 1.36. The molecule has 2 nitrogen and oxygen atoms in total. The van der Waals surface area contributed by atoms with Gasteiger partial charge in [0.2, 0.25) is 0 Å². The van der Waals surface area contributed by atoms with E-state index >= 15 is 0 Å². The first-order valence-electron chi connectivity index (χ1n) is 5.19. The third kappa shape index (κ3) is 3.68. The molecule has 0 aromatic heterocycles. The Kier molecular flexibility index (Phi) is 4.95. The molecule has 1 aromatic carbocycles. The molecule has 0 heterocycles. The van der Waals surface area contributed by atoms with Gasteiger partial charge in [0.25, 0.3) is 0 Å². The molecule has 0 saturated carbocycles. The van der Waals surface area contributed by atoms with Crippen molar-refractivity contribution >= 4 is 37.8 Å². The van der Waals surface area contributed by atoms with Crippen LogP contribution in [-0.2, 0) is 4.79 Å². The van der Waals surface area contributed by atoms with Crippen LogP contribution < -0.4 is 4.74 Å². The molecule has 0 fully saturated rings. The van der Waals surface area contributed by atoms with E-state index in [2.05, 4.69) is 38.4 Å². The average Bonchev–Trinajstić information content (AvgIpc) is 2.20. The van der Waals surface area contributed by atoms with Gasteiger partial charge < -0.3 is 4.74 Å². The third-order valence-electron chi connectivity index (χ3n) is 2.20. The SMILES string of the molecule is C=C(C)C(=O)Oc1c(Br)cc(Br)cc1C(C)C. The molecule has 0 aliphatic carbocycles.